The van der Waals surface area contributed by atoms with Gasteiger partial charge in [-0.1, -0.05) is 0 Å². The summed E-state index contributed by atoms with van der Waals surface area (Å²) >= 11 is 0. The molecule has 0 aromatic carbocycles. The predicted octanol–water partition coefficient (Wildman–Crippen LogP) is -0.643. The Hall–Kier alpha value is -0.650. The molecule has 0 bridgehead atoms. The van der Waals surface area contributed by atoms with Crippen molar-refractivity contribution in [2.24, 2.45) is 0 Å². The molecule has 1 unspecified atom stereocenters. The van der Waals surface area contributed by atoms with Crippen LogP contribution in [-0.2, 0) is 14.6 Å². The molecule has 0 heterocycles. The topological polar surface area (TPSA) is 76.0 Å². The molecular weight excluding hydrogens is 128 g/mol. The van der Waals surface area contributed by atoms with Crippen molar-refractivity contribution >= 4 is 5.97 Å². The zero-order chi connectivity index (χ0) is 7.28. The van der Waals surface area contributed by atoms with Crippen molar-refractivity contribution in [2.75, 3.05) is 6.61 Å². The number of aliphatic hydroxyl groups is 1. The summed E-state index contributed by atoms with van der Waals surface area (Å²) in [5, 5.41) is 16.3. The maximum absolute atomic E-state index is 9.69. The van der Waals surface area contributed by atoms with Crippen LogP contribution in [0.4, 0.5) is 0 Å². The summed E-state index contributed by atoms with van der Waals surface area (Å²) in [5.74, 6) is -1.14. The van der Waals surface area contributed by atoms with Crippen molar-refractivity contribution < 1.29 is 24.8 Å². The van der Waals surface area contributed by atoms with Gasteiger partial charge in [-0.3, -0.25) is 0 Å². The molecule has 0 amide bonds. The van der Waals surface area contributed by atoms with Crippen LogP contribution in [0.1, 0.15) is 6.92 Å². The van der Waals surface area contributed by atoms with Gasteiger partial charge in [-0.25, -0.2) is 14.6 Å². The van der Waals surface area contributed by atoms with E-state index in [9.17, 15) is 4.79 Å². The van der Waals surface area contributed by atoms with E-state index in [1.165, 1.54) is 6.92 Å². The average Bonchev–Trinajstić information content (AvgIpc) is 1.63. The molecule has 0 fully saturated rings. The number of carbonyl (C=O) groups is 1. The van der Waals surface area contributed by atoms with Gasteiger partial charge >= 0.3 is 5.97 Å². The second kappa shape index (κ2) is 4.25. The van der Waals surface area contributed by atoms with Crippen LogP contribution in [0.5, 0.6) is 0 Å². The van der Waals surface area contributed by atoms with E-state index in [-0.39, 0.29) is 0 Å². The molecule has 0 saturated heterocycles. The molecule has 0 aromatic rings. The van der Waals surface area contributed by atoms with Crippen molar-refractivity contribution in [3.8, 4) is 0 Å². The fraction of sp³-hybridized carbons (Fsp3) is 0.750. The first kappa shape index (κ1) is 8.35. The highest BCUT2D eigenvalue weighted by Crippen LogP contribution is 1.84. The Balaban J connectivity index is 3.01. The van der Waals surface area contributed by atoms with Gasteiger partial charge in [-0.15, -0.1) is 0 Å². The molecule has 0 rings (SSSR count). The fourth-order valence-corrected chi connectivity index (χ4v) is 0.183. The Morgan fingerprint density at radius 1 is 1.78 bits per heavy atom. The zero-order valence-electron chi connectivity index (χ0n) is 4.90. The average molecular weight is 136 g/mol. The molecule has 0 aliphatic rings. The third kappa shape index (κ3) is 7.35. The van der Waals surface area contributed by atoms with Gasteiger partial charge in [0.25, 0.3) is 0 Å². The van der Waals surface area contributed by atoms with E-state index in [1.54, 1.807) is 0 Å². The minimum atomic E-state index is -1.14. The first-order chi connectivity index (χ1) is 4.13. The molecule has 0 radical (unpaired) electrons. The van der Waals surface area contributed by atoms with E-state index in [2.05, 4.69) is 9.78 Å². The number of aliphatic hydroxyl groups excluding tert-OH is 1. The van der Waals surface area contributed by atoms with Crippen molar-refractivity contribution in [2.45, 2.75) is 13.2 Å². The first-order valence-corrected chi connectivity index (χ1v) is 2.31. The van der Waals surface area contributed by atoms with Gasteiger partial charge in [0.15, 0.2) is 12.9 Å². The summed E-state index contributed by atoms with van der Waals surface area (Å²) in [7, 11) is 0. The highest BCUT2D eigenvalue weighted by atomic mass is 17.2. The second-order valence-corrected chi connectivity index (χ2v) is 1.35. The summed E-state index contributed by atoms with van der Waals surface area (Å²) < 4.78 is 0. The highest BCUT2D eigenvalue weighted by Gasteiger charge is 1.98. The third-order valence-corrected chi connectivity index (χ3v) is 0.390. The molecule has 5 nitrogen and oxygen atoms in total. The standard InChI is InChI=1S/C4H8O5/c1-3(5)9-8-2-4(6)7/h3,5H,2H2,1H3,(H,6,7). The monoisotopic (exact) mass is 136 g/mol. The van der Waals surface area contributed by atoms with E-state index in [0.29, 0.717) is 0 Å². The lowest BCUT2D eigenvalue weighted by Crippen LogP contribution is -2.12. The molecule has 0 aliphatic heterocycles. The van der Waals surface area contributed by atoms with Gasteiger partial charge in [-0.05, 0) is 6.92 Å². The molecule has 54 valence electrons. The summed E-state index contributed by atoms with van der Waals surface area (Å²) in [6, 6.07) is 0. The Morgan fingerprint density at radius 2 is 2.33 bits per heavy atom. The number of aliphatic carboxylic acids is 1. The van der Waals surface area contributed by atoms with E-state index in [1.807, 2.05) is 0 Å². The van der Waals surface area contributed by atoms with Gasteiger partial charge in [0.2, 0.25) is 0 Å². The molecule has 0 aliphatic carbocycles. The Kier molecular flexibility index (Phi) is 3.94. The SMILES string of the molecule is CC(O)OOCC(=O)O. The molecular formula is C4H8O5. The number of carboxylic acid groups (broad SMARTS) is 1. The molecule has 2 N–H and O–H groups in total. The van der Waals surface area contributed by atoms with Crippen LogP contribution >= 0.6 is 0 Å². The summed E-state index contributed by atoms with van der Waals surface area (Å²) in [4.78, 5) is 17.7. The molecule has 0 aromatic heterocycles. The molecule has 9 heavy (non-hydrogen) atoms. The molecule has 5 heteroatoms. The zero-order valence-corrected chi connectivity index (χ0v) is 4.90. The van der Waals surface area contributed by atoms with Gasteiger partial charge < -0.3 is 10.2 Å². The van der Waals surface area contributed by atoms with Crippen LogP contribution in [0.25, 0.3) is 0 Å². The van der Waals surface area contributed by atoms with Gasteiger partial charge in [0.1, 0.15) is 0 Å². The summed E-state index contributed by atoms with van der Waals surface area (Å²) in [6.07, 6.45) is -1.09. The van der Waals surface area contributed by atoms with E-state index < -0.39 is 18.9 Å². The lowest BCUT2D eigenvalue weighted by molar-refractivity contribution is -0.360. The normalized spacial score (nSPS) is 13.1. The third-order valence-electron chi connectivity index (χ3n) is 0.390. The van der Waals surface area contributed by atoms with Gasteiger partial charge in [0.05, 0.1) is 0 Å². The molecule has 1 atom stereocenters. The second-order valence-electron chi connectivity index (χ2n) is 1.35. The van der Waals surface area contributed by atoms with Crippen molar-refractivity contribution in [3.63, 3.8) is 0 Å². The van der Waals surface area contributed by atoms with Crippen LogP contribution in [0.2, 0.25) is 0 Å². The predicted molar refractivity (Wildman–Crippen MR) is 26.4 cm³/mol. The quantitative estimate of drug-likeness (QED) is 0.305. The minimum absolute atomic E-state index is 0.565. The van der Waals surface area contributed by atoms with Crippen LogP contribution in [-0.4, -0.2) is 29.1 Å². The Labute approximate surface area is 51.7 Å². The fourth-order valence-electron chi connectivity index (χ4n) is 0.183. The van der Waals surface area contributed by atoms with Gasteiger partial charge in [0, 0.05) is 0 Å². The molecule has 0 spiro atoms. The largest absolute Gasteiger partial charge is 0.479 e. The summed E-state index contributed by atoms with van der Waals surface area (Å²) in [6.45, 7) is 0.743. The van der Waals surface area contributed by atoms with Crippen molar-refractivity contribution in [3.05, 3.63) is 0 Å². The Bertz CT molecular complexity index is 89.0. The maximum atomic E-state index is 9.69. The van der Waals surface area contributed by atoms with Crippen LogP contribution in [0.15, 0.2) is 0 Å². The smallest absolute Gasteiger partial charge is 0.333 e. The van der Waals surface area contributed by atoms with Gasteiger partial charge in [-0.2, -0.15) is 0 Å². The first-order valence-electron chi connectivity index (χ1n) is 2.31. The number of carboxylic acids is 1. The van der Waals surface area contributed by atoms with E-state index in [0.717, 1.165) is 0 Å². The molecule has 0 saturated carbocycles. The van der Waals surface area contributed by atoms with Crippen LogP contribution in [0, 0.1) is 0 Å². The Morgan fingerprint density at radius 3 is 2.67 bits per heavy atom. The highest BCUT2D eigenvalue weighted by molar-refractivity contribution is 5.67. The van der Waals surface area contributed by atoms with E-state index in [4.69, 9.17) is 10.2 Å². The number of hydrogen-bond donors (Lipinski definition) is 2. The number of hydrogen-bond acceptors (Lipinski definition) is 4. The van der Waals surface area contributed by atoms with Crippen LogP contribution < -0.4 is 0 Å². The lowest BCUT2D eigenvalue weighted by atomic mass is 10.8. The number of rotatable bonds is 4. The minimum Gasteiger partial charge on any atom is -0.479 e. The van der Waals surface area contributed by atoms with Crippen molar-refractivity contribution in [1.29, 1.82) is 0 Å². The summed E-state index contributed by atoms with van der Waals surface area (Å²) in [5.41, 5.74) is 0. The maximum Gasteiger partial charge on any atom is 0.333 e. The lowest BCUT2D eigenvalue weighted by Gasteiger charge is -2.01. The van der Waals surface area contributed by atoms with E-state index >= 15 is 0 Å². The van der Waals surface area contributed by atoms with Crippen molar-refractivity contribution in [1.82, 2.24) is 0 Å². The van der Waals surface area contributed by atoms with Crippen LogP contribution in [0.3, 0.4) is 0 Å².